The average molecular weight is 599 g/mol. The van der Waals surface area contributed by atoms with E-state index in [-0.39, 0.29) is 24.3 Å². The third kappa shape index (κ3) is 12.6. The molecule has 0 unspecified atom stereocenters. The molecule has 0 saturated carbocycles. The fourth-order valence-electron chi connectivity index (χ4n) is 6.27. The molecule has 0 saturated heterocycles. The van der Waals surface area contributed by atoms with Crippen molar-refractivity contribution in [2.24, 2.45) is 17.8 Å². The van der Waals surface area contributed by atoms with E-state index in [1.807, 2.05) is 20.8 Å². The van der Waals surface area contributed by atoms with Gasteiger partial charge in [-0.15, -0.1) is 0 Å². The number of rotatable bonds is 20. The van der Waals surface area contributed by atoms with Crippen LogP contribution in [-0.2, 0) is 20.8 Å². The van der Waals surface area contributed by atoms with Gasteiger partial charge in [-0.3, -0.25) is 14.4 Å². The average Bonchev–Trinajstić information content (AvgIpc) is 2.95. The summed E-state index contributed by atoms with van der Waals surface area (Å²) < 4.78 is 12.5. The van der Waals surface area contributed by atoms with Crippen LogP contribution in [0.3, 0.4) is 0 Å². The highest BCUT2D eigenvalue weighted by Gasteiger charge is 2.34. The molecule has 1 aliphatic rings. The molecule has 1 aromatic rings. The predicted molar refractivity (Wildman–Crippen MR) is 176 cm³/mol. The smallest absolute Gasteiger partial charge is 0.311 e. The van der Waals surface area contributed by atoms with Crippen LogP contribution in [0.5, 0.6) is 11.5 Å². The zero-order valence-corrected chi connectivity index (χ0v) is 28.6. The highest BCUT2D eigenvalue weighted by Crippen LogP contribution is 2.45. The zero-order chi connectivity index (χ0) is 32.0. The molecule has 0 aromatic heterocycles. The summed E-state index contributed by atoms with van der Waals surface area (Å²) in [5.74, 6) is 3.32. The monoisotopic (exact) mass is 598 g/mol. The van der Waals surface area contributed by atoms with Crippen molar-refractivity contribution in [3.05, 3.63) is 22.3 Å². The van der Waals surface area contributed by atoms with Gasteiger partial charge in [0.25, 0.3) is 0 Å². The van der Waals surface area contributed by atoms with Crippen LogP contribution in [0.1, 0.15) is 147 Å². The summed E-state index contributed by atoms with van der Waals surface area (Å²) in [4.78, 5) is 34.9. The van der Waals surface area contributed by atoms with Gasteiger partial charge in [0, 0.05) is 24.9 Å². The van der Waals surface area contributed by atoms with Crippen molar-refractivity contribution in [3.8, 4) is 11.5 Å². The summed E-state index contributed by atoms with van der Waals surface area (Å²) in [6.45, 7) is 18.1. The van der Waals surface area contributed by atoms with Crippen molar-refractivity contribution in [1.29, 1.82) is 0 Å². The van der Waals surface area contributed by atoms with Gasteiger partial charge < -0.3 is 14.8 Å². The summed E-state index contributed by atoms with van der Waals surface area (Å²) in [6, 6.07) is 0. The number of carbonyl (C=O) groups is 2. The molecular formula is C37H60NO5. The number of nitrogens with one attached hydrogen (secondary N) is 1. The van der Waals surface area contributed by atoms with Crippen LogP contribution in [0.15, 0.2) is 0 Å². The van der Waals surface area contributed by atoms with Gasteiger partial charge in [-0.05, 0) is 94.2 Å². The SMILES string of the molecule is Cc1c(C)c2c(c(C)c1OC(=O)CCC(=O)NCCC[C]=O)CC[C@@](C)(CCC[C@H](C)CCC[C@H](C)CCCC(C)C)O2. The molecule has 1 radical (unpaired) electrons. The van der Waals surface area contributed by atoms with Gasteiger partial charge in [-0.25, -0.2) is 0 Å². The Morgan fingerprint density at radius 3 is 2.14 bits per heavy atom. The van der Waals surface area contributed by atoms with E-state index in [1.54, 1.807) is 6.29 Å². The summed E-state index contributed by atoms with van der Waals surface area (Å²) in [5.41, 5.74) is 3.83. The Labute approximate surface area is 262 Å². The van der Waals surface area contributed by atoms with Gasteiger partial charge in [-0.1, -0.05) is 72.6 Å². The standard InChI is InChI=1S/C37H60NO5/c1-26(2)14-11-15-27(3)16-12-17-28(4)18-13-22-37(8)23-21-32-31(7)35(29(5)30(6)36(32)43-37)42-34(41)20-19-33(40)38-24-9-10-25-39/h26-28H,9-24H2,1-8H3,(H,38,40)/t27-,28-,37-/m1/s1. The van der Waals surface area contributed by atoms with Crippen LogP contribution in [0.4, 0.5) is 0 Å². The number of fused-ring (bicyclic) bond motifs is 1. The third-order valence-corrected chi connectivity index (χ3v) is 9.39. The summed E-state index contributed by atoms with van der Waals surface area (Å²) >= 11 is 0. The van der Waals surface area contributed by atoms with E-state index >= 15 is 0 Å². The minimum absolute atomic E-state index is 0.00493. The molecule has 1 aromatic carbocycles. The minimum atomic E-state index is -0.418. The second kappa shape index (κ2) is 18.4. The van der Waals surface area contributed by atoms with Crippen LogP contribution in [0.2, 0.25) is 0 Å². The van der Waals surface area contributed by atoms with Crippen LogP contribution in [0, 0.1) is 38.5 Å². The van der Waals surface area contributed by atoms with Crippen LogP contribution in [0.25, 0.3) is 0 Å². The number of amides is 1. The Balaban J connectivity index is 1.85. The van der Waals surface area contributed by atoms with E-state index in [0.717, 1.165) is 65.0 Å². The Bertz CT molecular complexity index is 1050. The van der Waals surface area contributed by atoms with Crippen molar-refractivity contribution in [3.63, 3.8) is 0 Å². The fraction of sp³-hybridized carbons (Fsp3) is 0.757. The van der Waals surface area contributed by atoms with Gasteiger partial charge in [0.2, 0.25) is 5.91 Å². The molecule has 0 spiro atoms. The predicted octanol–water partition coefficient (Wildman–Crippen LogP) is 8.83. The third-order valence-electron chi connectivity index (χ3n) is 9.39. The number of esters is 1. The van der Waals surface area contributed by atoms with Crippen molar-refractivity contribution < 1.29 is 23.9 Å². The second-order valence-corrected chi connectivity index (χ2v) is 14.0. The molecule has 0 fully saturated rings. The Hall–Kier alpha value is -2.37. The van der Waals surface area contributed by atoms with Gasteiger partial charge in [0.1, 0.15) is 17.1 Å². The lowest BCUT2D eigenvalue weighted by molar-refractivity contribution is -0.136. The van der Waals surface area contributed by atoms with E-state index in [1.165, 1.54) is 51.4 Å². The highest BCUT2D eigenvalue weighted by molar-refractivity contribution is 5.82. The van der Waals surface area contributed by atoms with Crippen molar-refractivity contribution >= 4 is 18.2 Å². The van der Waals surface area contributed by atoms with Gasteiger partial charge in [0.15, 0.2) is 6.29 Å². The Morgan fingerprint density at radius 2 is 1.51 bits per heavy atom. The second-order valence-electron chi connectivity index (χ2n) is 14.0. The van der Waals surface area contributed by atoms with E-state index in [0.29, 0.717) is 25.1 Å². The Kier molecular flexibility index (Phi) is 15.8. The lowest BCUT2D eigenvalue weighted by atomic mass is 9.83. The number of hydrogen-bond acceptors (Lipinski definition) is 5. The number of carbonyl (C=O) groups excluding carboxylic acids is 3. The molecular weight excluding hydrogens is 538 g/mol. The molecule has 1 aliphatic heterocycles. The number of benzene rings is 1. The van der Waals surface area contributed by atoms with Crippen molar-refractivity contribution in [1.82, 2.24) is 5.32 Å². The van der Waals surface area contributed by atoms with Crippen LogP contribution < -0.4 is 14.8 Å². The zero-order valence-electron chi connectivity index (χ0n) is 28.6. The lowest BCUT2D eigenvalue weighted by Crippen LogP contribution is -2.37. The number of hydrogen-bond donors (Lipinski definition) is 1. The molecule has 43 heavy (non-hydrogen) atoms. The first-order valence-electron chi connectivity index (χ1n) is 17.0. The summed E-state index contributed by atoms with van der Waals surface area (Å²) in [5, 5.41) is 2.72. The summed E-state index contributed by atoms with van der Waals surface area (Å²) in [6.07, 6.45) is 16.1. The molecule has 6 heteroatoms. The lowest BCUT2D eigenvalue weighted by Gasteiger charge is -2.38. The maximum atomic E-state index is 12.6. The van der Waals surface area contributed by atoms with E-state index < -0.39 is 5.97 Å². The molecule has 3 atom stereocenters. The maximum absolute atomic E-state index is 12.6. The van der Waals surface area contributed by atoms with Crippen molar-refractivity contribution in [2.75, 3.05) is 6.54 Å². The van der Waals surface area contributed by atoms with Crippen LogP contribution >= 0.6 is 0 Å². The minimum Gasteiger partial charge on any atom is -0.487 e. The molecule has 1 N–H and O–H groups in total. The fourth-order valence-corrected chi connectivity index (χ4v) is 6.27. The quantitative estimate of drug-likeness (QED) is 0.0921. The molecule has 2 rings (SSSR count). The molecule has 243 valence electrons. The van der Waals surface area contributed by atoms with Crippen molar-refractivity contribution in [2.45, 2.75) is 157 Å². The largest absolute Gasteiger partial charge is 0.487 e. The first kappa shape index (κ1) is 36.8. The normalized spacial score (nSPS) is 17.6. The van der Waals surface area contributed by atoms with Gasteiger partial charge in [0.05, 0.1) is 6.42 Å². The molecule has 1 amide bonds. The van der Waals surface area contributed by atoms with Crippen LogP contribution in [-0.4, -0.2) is 30.3 Å². The first-order chi connectivity index (χ1) is 20.4. The summed E-state index contributed by atoms with van der Waals surface area (Å²) in [7, 11) is 0. The van der Waals surface area contributed by atoms with E-state index in [2.05, 4.69) is 39.9 Å². The molecule has 6 nitrogen and oxygen atoms in total. The molecule has 0 aliphatic carbocycles. The number of ether oxygens (including phenoxy) is 2. The Morgan fingerprint density at radius 1 is 0.884 bits per heavy atom. The molecule has 1 heterocycles. The van der Waals surface area contributed by atoms with Gasteiger partial charge >= 0.3 is 5.97 Å². The maximum Gasteiger partial charge on any atom is 0.311 e. The van der Waals surface area contributed by atoms with E-state index in [9.17, 15) is 14.4 Å². The first-order valence-corrected chi connectivity index (χ1v) is 17.0. The topological polar surface area (TPSA) is 81.7 Å². The number of unbranched alkanes of at least 4 members (excludes halogenated alkanes) is 1. The highest BCUT2D eigenvalue weighted by atomic mass is 16.5. The van der Waals surface area contributed by atoms with Gasteiger partial charge in [-0.2, -0.15) is 0 Å². The van der Waals surface area contributed by atoms with E-state index in [4.69, 9.17) is 9.47 Å². The molecule has 0 bridgehead atoms.